The fourth-order valence-corrected chi connectivity index (χ4v) is 9.91. The molecule has 5 aromatic rings. The van der Waals surface area contributed by atoms with Crippen molar-refractivity contribution in [3.8, 4) is 35.2 Å². The Morgan fingerprint density at radius 2 is 1.78 bits per heavy atom. The number of aryl methyl sites for hydroxylation is 1. The van der Waals surface area contributed by atoms with Crippen molar-refractivity contribution in [3.63, 3.8) is 0 Å². The van der Waals surface area contributed by atoms with E-state index in [4.69, 9.17) is 35.7 Å². The number of nitrogens with zero attached hydrogens (tertiary/aromatic N) is 7. The largest absolute Gasteiger partial charge is 0.508 e. The van der Waals surface area contributed by atoms with Crippen molar-refractivity contribution in [2.75, 3.05) is 64.5 Å². The number of hydrogen-bond donors (Lipinski definition) is 1. The minimum atomic E-state index is -0.659. The van der Waals surface area contributed by atoms with Crippen LogP contribution in [0.5, 0.6) is 11.8 Å². The zero-order valence-corrected chi connectivity index (χ0v) is 31.2. The molecule has 13 heteroatoms. The van der Waals surface area contributed by atoms with E-state index < -0.39 is 11.6 Å². The molecule has 11 rings (SSSR count). The van der Waals surface area contributed by atoms with E-state index in [1.807, 2.05) is 6.20 Å². The van der Waals surface area contributed by atoms with Crippen LogP contribution in [0.2, 0.25) is 0 Å². The highest BCUT2D eigenvalue weighted by Gasteiger charge is 2.48. The third-order valence-corrected chi connectivity index (χ3v) is 12.6. The first kappa shape index (κ1) is 34.8. The lowest BCUT2D eigenvalue weighted by Crippen LogP contribution is -2.58. The number of piperazine rings is 1. The molecule has 1 N–H and O–H groups in total. The van der Waals surface area contributed by atoms with E-state index in [0.717, 1.165) is 77.8 Å². The second-order valence-electron chi connectivity index (χ2n) is 16.5. The molecule has 4 bridgehead atoms. The van der Waals surface area contributed by atoms with Crippen molar-refractivity contribution in [2.45, 2.75) is 62.8 Å². The predicted molar refractivity (Wildman–Crippen MR) is 205 cm³/mol. The second-order valence-corrected chi connectivity index (χ2v) is 16.5. The second kappa shape index (κ2) is 13.3. The van der Waals surface area contributed by atoms with Crippen LogP contribution in [0, 0.1) is 29.4 Å². The molecule has 4 atom stereocenters. The van der Waals surface area contributed by atoms with Gasteiger partial charge in [0.25, 0.3) is 0 Å². The molecule has 0 spiro atoms. The van der Waals surface area contributed by atoms with Crippen molar-refractivity contribution >= 4 is 38.4 Å². The summed E-state index contributed by atoms with van der Waals surface area (Å²) < 4.78 is 52.5. The van der Waals surface area contributed by atoms with Crippen LogP contribution in [0.4, 0.5) is 14.6 Å². The molecule has 7 heterocycles. The number of likely N-dealkylation sites (tertiary alicyclic amines) is 1. The smallest absolute Gasteiger partial charge is 0.319 e. The third kappa shape index (κ3) is 5.96. The first-order valence-electron chi connectivity index (χ1n) is 19.5. The van der Waals surface area contributed by atoms with E-state index >= 15 is 8.78 Å². The molecule has 3 aromatic carbocycles. The topological polar surface area (TPSA) is 101 Å². The number of phenols is 1. The predicted octanol–water partition coefficient (Wildman–Crippen LogP) is 5.62. The summed E-state index contributed by atoms with van der Waals surface area (Å²) in [6, 6.07) is 6.18. The van der Waals surface area contributed by atoms with Crippen molar-refractivity contribution in [3.05, 3.63) is 47.7 Å². The van der Waals surface area contributed by atoms with Crippen molar-refractivity contribution in [1.29, 1.82) is 0 Å². The van der Waals surface area contributed by atoms with E-state index in [1.54, 1.807) is 18.8 Å². The highest BCUT2D eigenvalue weighted by Crippen LogP contribution is 2.49. The lowest BCUT2D eigenvalue weighted by molar-refractivity contribution is -0.183. The first-order valence-corrected chi connectivity index (χ1v) is 19.5. The number of aromatic nitrogens is 4. The van der Waals surface area contributed by atoms with Crippen LogP contribution in [-0.2, 0) is 16.5 Å². The van der Waals surface area contributed by atoms with E-state index in [0.29, 0.717) is 58.3 Å². The van der Waals surface area contributed by atoms with Gasteiger partial charge in [-0.15, -0.1) is 6.42 Å². The zero-order chi connectivity index (χ0) is 37.6. The highest BCUT2D eigenvalue weighted by molar-refractivity contribution is 6.18. The van der Waals surface area contributed by atoms with Gasteiger partial charge < -0.3 is 24.2 Å². The minimum Gasteiger partial charge on any atom is -0.508 e. The number of anilines is 1. The van der Waals surface area contributed by atoms with Crippen molar-refractivity contribution in [2.24, 2.45) is 12.5 Å². The summed E-state index contributed by atoms with van der Waals surface area (Å²) in [4.78, 5) is 17.4. The van der Waals surface area contributed by atoms with Crippen LogP contribution in [0.15, 0.2) is 30.5 Å². The van der Waals surface area contributed by atoms with Gasteiger partial charge in [-0.2, -0.15) is 15.1 Å². The summed E-state index contributed by atoms with van der Waals surface area (Å²) in [6.07, 6.45) is 14.5. The maximum atomic E-state index is 17.8. The lowest BCUT2D eigenvalue weighted by atomic mass is 9.91. The lowest BCUT2D eigenvalue weighted by Gasteiger charge is -2.48. The molecule has 11 nitrogen and oxygen atoms in total. The van der Waals surface area contributed by atoms with E-state index in [9.17, 15) is 5.11 Å². The Morgan fingerprint density at radius 1 is 1.02 bits per heavy atom. The van der Waals surface area contributed by atoms with Crippen molar-refractivity contribution < 1.29 is 28.1 Å². The Balaban J connectivity index is 1.12. The van der Waals surface area contributed by atoms with Gasteiger partial charge in [-0.05, 0) is 61.3 Å². The highest BCUT2D eigenvalue weighted by atomic mass is 19.1. The van der Waals surface area contributed by atoms with Crippen LogP contribution in [-0.4, -0.2) is 119 Å². The maximum absolute atomic E-state index is 17.8. The zero-order valence-electron chi connectivity index (χ0n) is 31.2. The molecular formula is C42H45F2N7O4. The molecule has 1 saturated carbocycles. The maximum Gasteiger partial charge on any atom is 0.319 e. The molecule has 55 heavy (non-hydrogen) atoms. The van der Waals surface area contributed by atoms with Gasteiger partial charge in [0.1, 0.15) is 28.4 Å². The van der Waals surface area contributed by atoms with Crippen LogP contribution in [0.3, 0.4) is 0 Å². The number of halogens is 2. The van der Waals surface area contributed by atoms with E-state index in [2.05, 4.69) is 20.6 Å². The number of terminal acetylenes is 1. The van der Waals surface area contributed by atoms with E-state index in [-0.39, 0.29) is 51.5 Å². The Hall–Kier alpha value is -4.61. The number of benzene rings is 3. The number of fused-ring (bicyclic) bond motifs is 8. The Morgan fingerprint density at radius 3 is 2.49 bits per heavy atom. The molecule has 5 aliphatic heterocycles. The van der Waals surface area contributed by atoms with Gasteiger partial charge in [0.15, 0.2) is 5.82 Å². The summed E-state index contributed by atoms with van der Waals surface area (Å²) in [5.41, 5.74) is 0.718. The number of morpholine rings is 1. The van der Waals surface area contributed by atoms with Crippen LogP contribution < -0.4 is 9.64 Å². The van der Waals surface area contributed by atoms with Gasteiger partial charge in [-0.25, -0.2) is 8.78 Å². The molecule has 1 aliphatic carbocycles. The van der Waals surface area contributed by atoms with Gasteiger partial charge in [0, 0.05) is 106 Å². The molecule has 6 aliphatic rings. The van der Waals surface area contributed by atoms with Crippen molar-refractivity contribution in [1.82, 2.24) is 29.5 Å². The number of ether oxygens (including phenoxy) is 3. The molecular weight excluding hydrogens is 705 g/mol. The molecule has 2 aromatic heterocycles. The Bertz CT molecular complexity index is 2360. The number of phenolic OH excluding ortho intramolecular Hbond substituents is 1. The fourth-order valence-electron chi connectivity index (χ4n) is 9.91. The normalized spacial score (nSPS) is 24.5. The van der Waals surface area contributed by atoms with Gasteiger partial charge in [0.2, 0.25) is 0 Å². The SMILES string of the molecule is C#Cc1c(F)ccc2cc(O)cc(-c3c(F)c4nc(OCC5(CN6CC7CC(C6)O7)CC5)nc(N5[C@@H]6CC[C@H]5CN(CCCOC)C6)c4c4cn(C)nc34)c12. The first-order chi connectivity index (χ1) is 26.7. The number of piperidine rings is 1. The molecule has 0 radical (unpaired) electrons. The van der Waals surface area contributed by atoms with Gasteiger partial charge >= 0.3 is 6.01 Å². The van der Waals surface area contributed by atoms with Gasteiger partial charge in [-0.1, -0.05) is 12.0 Å². The van der Waals surface area contributed by atoms with Gasteiger partial charge in [0.05, 0.1) is 29.8 Å². The minimum absolute atomic E-state index is 0.0116. The average molecular weight is 750 g/mol. The summed E-state index contributed by atoms with van der Waals surface area (Å²) in [5.74, 6) is 1.73. The van der Waals surface area contributed by atoms with Gasteiger partial charge in [-0.3, -0.25) is 14.5 Å². The molecule has 0 amide bonds. The summed E-state index contributed by atoms with van der Waals surface area (Å²) >= 11 is 0. The van der Waals surface area contributed by atoms with Crippen LogP contribution in [0.25, 0.3) is 43.7 Å². The average Bonchev–Trinajstić information content (AvgIpc) is 3.73. The monoisotopic (exact) mass is 749 g/mol. The molecule has 286 valence electrons. The Kier molecular flexibility index (Phi) is 8.40. The molecule has 6 fully saturated rings. The summed E-state index contributed by atoms with van der Waals surface area (Å²) in [6.45, 7) is 6.62. The number of rotatable bonds is 11. The summed E-state index contributed by atoms with van der Waals surface area (Å²) in [5, 5.41) is 17.7. The Labute approximate surface area is 318 Å². The number of methoxy groups -OCH3 is 1. The number of hydrogen-bond acceptors (Lipinski definition) is 10. The number of aromatic hydroxyl groups is 1. The van der Waals surface area contributed by atoms with E-state index in [1.165, 1.54) is 24.3 Å². The third-order valence-electron chi connectivity index (χ3n) is 12.6. The van der Waals surface area contributed by atoms with Crippen LogP contribution >= 0.6 is 0 Å². The fraction of sp³-hybridized carbons (Fsp3) is 0.500. The van der Waals surface area contributed by atoms with Crippen LogP contribution in [0.1, 0.15) is 44.1 Å². The standard InChI is InChI=1S/C42H45F2N7O4/c1-4-30-33(43)9-6-24-14-27(52)15-31(34(24)30)35-37(44)39-36(32-21-48(2)47-38(32)35)40(51-25-7-8-26(51)18-49(17-25)12-5-13-53-3)46-41(45-39)54-23-42(10-11-42)22-50-19-28-16-29(20-50)55-28/h1,6,9,14-15,21,25-26,28-29,52H,5,7-8,10-13,16-20,22-23H2,2-3H3/t25-,26+,28?,29?. The summed E-state index contributed by atoms with van der Waals surface area (Å²) in [7, 11) is 3.52. The molecule has 5 saturated heterocycles. The quantitative estimate of drug-likeness (QED) is 0.135. The molecule has 2 unspecified atom stereocenters.